The van der Waals surface area contributed by atoms with Crippen LogP contribution in [0.1, 0.15) is 22.8 Å². The molecule has 0 bridgehead atoms. The van der Waals surface area contributed by atoms with Gasteiger partial charge in [-0.25, -0.2) is 0 Å². The number of nitrogens with one attached hydrogen (secondary N) is 1. The largest absolute Gasteiger partial charge is 0.496 e. The molecule has 4 heteroatoms. The molecule has 1 N–H and O–H groups in total. The van der Waals surface area contributed by atoms with E-state index in [1.54, 1.807) is 19.2 Å². The molecule has 0 aromatic heterocycles. The maximum Gasteiger partial charge on any atom is 0.259 e. The van der Waals surface area contributed by atoms with Gasteiger partial charge in [0.05, 0.1) is 12.7 Å². The molecule has 136 valence electrons. The predicted molar refractivity (Wildman–Crippen MR) is 109 cm³/mol. The molecule has 4 nitrogen and oxygen atoms in total. The van der Waals surface area contributed by atoms with Crippen molar-refractivity contribution in [1.82, 2.24) is 0 Å². The Balaban J connectivity index is 1.54. The number of hydrogen-bond acceptors (Lipinski definition) is 3. The van der Waals surface area contributed by atoms with Crippen molar-refractivity contribution < 1.29 is 9.53 Å². The van der Waals surface area contributed by atoms with Crippen molar-refractivity contribution in [1.29, 1.82) is 0 Å². The maximum atomic E-state index is 12.5. The number of rotatable bonds is 4. The van der Waals surface area contributed by atoms with Gasteiger partial charge in [0.2, 0.25) is 0 Å². The van der Waals surface area contributed by atoms with Crippen molar-refractivity contribution in [3.05, 3.63) is 83.9 Å². The Kier molecular flexibility index (Phi) is 4.55. The lowest BCUT2D eigenvalue weighted by Gasteiger charge is -2.25. The summed E-state index contributed by atoms with van der Waals surface area (Å²) < 4.78 is 5.27. The zero-order chi connectivity index (χ0) is 18.8. The summed E-state index contributed by atoms with van der Waals surface area (Å²) in [6.07, 6.45) is 1.04. The van der Waals surface area contributed by atoms with E-state index in [-0.39, 0.29) is 5.91 Å². The molecule has 4 rings (SSSR count). The van der Waals surface area contributed by atoms with Crippen molar-refractivity contribution in [3.8, 4) is 5.75 Å². The van der Waals surface area contributed by atoms with Gasteiger partial charge in [0.25, 0.3) is 5.91 Å². The molecule has 3 aromatic rings. The fraction of sp³-hybridized carbons (Fsp3) is 0.174. The first-order valence-electron chi connectivity index (χ1n) is 9.09. The van der Waals surface area contributed by atoms with Crippen LogP contribution < -0.4 is 15.0 Å². The van der Waals surface area contributed by atoms with Gasteiger partial charge in [0.15, 0.2) is 0 Å². The number of para-hydroxylation sites is 2. The molecule has 3 aromatic carbocycles. The summed E-state index contributed by atoms with van der Waals surface area (Å²) in [7, 11) is 1.57. The second-order valence-electron chi connectivity index (χ2n) is 6.75. The van der Waals surface area contributed by atoms with E-state index in [1.807, 2.05) is 24.3 Å². The first-order chi connectivity index (χ1) is 13.2. The molecule has 1 aliphatic heterocycles. The smallest absolute Gasteiger partial charge is 0.259 e. The Morgan fingerprint density at radius 3 is 2.48 bits per heavy atom. The second kappa shape index (κ2) is 7.16. The molecule has 1 unspecified atom stereocenters. The molecule has 1 atom stereocenters. The highest BCUT2D eigenvalue weighted by Crippen LogP contribution is 2.38. The van der Waals surface area contributed by atoms with Gasteiger partial charge < -0.3 is 15.0 Å². The lowest BCUT2D eigenvalue weighted by molar-refractivity contribution is 0.102. The molecular weight excluding hydrogens is 336 g/mol. The van der Waals surface area contributed by atoms with Crippen LogP contribution in [0.3, 0.4) is 0 Å². The molecule has 1 heterocycles. The summed E-state index contributed by atoms with van der Waals surface area (Å²) in [5, 5.41) is 2.94. The molecule has 0 radical (unpaired) electrons. The summed E-state index contributed by atoms with van der Waals surface area (Å²) in [6, 6.07) is 24.1. The average Bonchev–Trinajstić information content (AvgIpc) is 3.04. The van der Waals surface area contributed by atoms with Crippen molar-refractivity contribution in [2.24, 2.45) is 0 Å². The van der Waals surface area contributed by atoms with Gasteiger partial charge in [0.1, 0.15) is 5.75 Å². The van der Waals surface area contributed by atoms with E-state index in [2.05, 4.69) is 53.5 Å². The van der Waals surface area contributed by atoms with E-state index >= 15 is 0 Å². The van der Waals surface area contributed by atoms with E-state index in [0.717, 1.165) is 17.8 Å². The van der Waals surface area contributed by atoms with E-state index < -0.39 is 0 Å². The lowest BCUT2D eigenvalue weighted by Crippen LogP contribution is -2.23. The van der Waals surface area contributed by atoms with Crippen molar-refractivity contribution in [3.63, 3.8) is 0 Å². The highest BCUT2D eigenvalue weighted by molar-refractivity contribution is 6.06. The zero-order valence-electron chi connectivity index (χ0n) is 15.5. The molecule has 0 saturated heterocycles. The molecule has 0 aliphatic carbocycles. The van der Waals surface area contributed by atoms with Crippen LogP contribution in [-0.2, 0) is 6.42 Å². The van der Waals surface area contributed by atoms with Crippen molar-refractivity contribution >= 4 is 23.0 Å². The van der Waals surface area contributed by atoms with Gasteiger partial charge in [-0.05, 0) is 61.4 Å². The summed E-state index contributed by atoms with van der Waals surface area (Å²) in [6.45, 7) is 2.23. The zero-order valence-corrected chi connectivity index (χ0v) is 15.5. The summed E-state index contributed by atoms with van der Waals surface area (Å²) in [5.74, 6) is 0.384. The SMILES string of the molecule is COc1ccccc1C(=O)Nc1ccc(N2c3ccccc3CC2C)cc1. The van der Waals surface area contributed by atoms with Crippen LogP contribution in [0.15, 0.2) is 72.8 Å². The standard InChI is InChI=1S/C23H22N2O2/c1-16-15-17-7-3-5-9-21(17)25(16)19-13-11-18(12-14-19)24-23(26)20-8-4-6-10-22(20)27-2/h3-14,16H,15H2,1-2H3,(H,24,26). The van der Waals surface area contributed by atoms with E-state index in [4.69, 9.17) is 4.74 Å². The topological polar surface area (TPSA) is 41.6 Å². The number of amides is 1. The molecule has 0 fully saturated rings. The number of carbonyl (C=O) groups is 1. The minimum Gasteiger partial charge on any atom is -0.496 e. The number of benzene rings is 3. The quantitative estimate of drug-likeness (QED) is 0.711. The highest BCUT2D eigenvalue weighted by atomic mass is 16.5. The van der Waals surface area contributed by atoms with Crippen LogP contribution in [0, 0.1) is 0 Å². The van der Waals surface area contributed by atoms with Crippen molar-refractivity contribution in [2.45, 2.75) is 19.4 Å². The minimum atomic E-state index is -0.180. The fourth-order valence-corrected chi connectivity index (χ4v) is 3.70. The highest BCUT2D eigenvalue weighted by Gasteiger charge is 2.26. The predicted octanol–water partition coefficient (Wildman–Crippen LogP) is 5.03. The molecule has 0 saturated carbocycles. The van der Waals surface area contributed by atoms with Crippen LogP contribution in [-0.4, -0.2) is 19.1 Å². The third-order valence-corrected chi connectivity index (χ3v) is 4.96. The molecule has 0 spiro atoms. The summed E-state index contributed by atoms with van der Waals surface area (Å²) in [5.41, 5.74) is 5.04. The number of nitrogens with zero attached hydrogens (tertiary/aromatic N) is 1. The van der Waals surface area contributed by atoms with Crippen LogP contribution >= 0.6 is 0 Å². The number of anilines is 3. The second-order valence-corrected chi connectivity index (χ2v) is 6.75. The van der Waals surface area contributed by atoms with Crippen LogP contribution in [0.5, 0.6) is 5.75 Å². The van der Waals surface area contributed by atoms with Gasteiger partial charge in [-0.2, -0.15) is 0 Å². The minimum absolute atomic E-state index is 0.180. The molecule has 1 amide bonds. The number of hydrogen-bond donors (Lipinski definition) is 1. The third-order valence-electron chi connectivity index (χ3n) is 4.96. The van der Waals surface area contributed by atoms with Crippen molar-refractivity contribution in [2.75, 3.05) is 17.3 Å². The summed E-state index contributed by atoms with van der Waals surface area (Å²) in [4.78, 5) is 14.9. The number of carbonyl (C=O) groups excluding carboxylic acids is 1. The van der Waals surface area contributed by atoms with Gasteiger partial charge in [0, 0.05) is 23.1 Å². The molecule has 27 heavy (non-hydrogen) atoms. The van der Waals surface area contributed by atoms with Crippen LogP contribution in [0.25, 0.3) is 0 Å². The Morgan fingerprint density at radius 1 is 1.00 bits per heavy atom. The van der Waals surface area contributed by atoms with Crippen LogP contribution in [0.2, 0.25) is 0 Å². The first-order valence-corrected chi connectivity index (χ1v) is 9.09. The average molecular weight is 358 g/mol. The van der Waals surface area contributed by atoms with E-state index in [0.29, 0.717) is 17.4 Å². The Labute approximate surface area is 159 Å². The van der Waals surface area contributed by atoms with Crippen LogP contribution in [0.4, 0.5) is 17.1 Å². The normalized spacial score (nSPS) is 15.3. The lowest BCUT2D eigenvalue weighted by atomic mass is 10.1. The third kappa shape index (κ3) is 3.26. The first kappa shape index (κ1) is 17.2. The fourth-order valence-electron chi connectivity index (χ4n) is 3.70. The monoisotopic (exact) mass is 358 g/mol. The van der Waals surface area contributed by atoms with Gasteiger partial charge in [-0.15, -0.1) is 0 Å². The Morgan fingerprint density at radius 2 is 1.70 bits per heavy atom. The van der Waals surface area contributed by atoms with Gasteiger partial charge in [-0.1, -0.05) is 30.3 Å². The Bertz CT molecular complexity index is 966. The number of ether oxygens (including phenoxy) is 1. The molecule has 1 aliphatic rings. The molecular formula is C23H22N2O2. The Hall–Kier alpha value is -3.27. The van der Waals surface area contributed by atoms with E-state index in [9.17, 15) is 4.79 Å². The van der Waals surface area contributed by atoms with E-state index in [1.165, 1.54) is 11.3 Å². The maximum absolute atomic E-state index is 12.5. The van der Waals surface area contributed by atoms with Gasteiger partial charge >= 0.3 is 0 Å². The number of fused-ring (bicyclic) bond motifs is 1. The summed E-state index contributed by atoms with van der Waals surface area (Å²) >= 11 is 0. The number of methoxy groups -OCH3 is 1. The van der Waals surface area contributed by atoms with Gasteiger partial charge in [-0.3, -0.25) is 4.79 Å².